The summed E-state index contributed by atoms with van der Waals surface area (Å²) in [5.41, 5.74) is 0. The molecule has 3 atom stereocenters. The molecule has 1 aliphatic rings. The van der Waals surface area contributed by atoms with E-state index in [0.717, 1.165) is 6.42 Å². The first kappa shape index (κ1) is 15.4. The Kier molecular flexibility index (Phi) is 5.75. The van der Waals surface area contributed by atoms with Crippen molar-refractivity contribution in [1.82, 2.24) is 10.6 Å². The first-order valence-electron chi connectivity index (χ1n) is 6.24. The zero-order valence-corrected chi connectivity index (χ0v) is 11.1. The summed E-state index contributed by atoms with van der Waals surface area (Å²) >= 11 is 0. The molecule has 0 saturated heterocycles. The third-order valence-corrected chi connectivity index (χ3v) is 3.06. The van der Waals surface area contributed by atoms with Crippen molar-refractivity contribution in [3.63, 3.8) is 0 Å². The van der Waals surface area contributed by atoms with E-state index < -0.39 is 17.9 Å². The second-order valence-corrected chi connectivity index (χ2v) is 4.77. The molecular weight excluding hydrogens is 252 g/mol. The first-order valence-corrected chi connectivity index (χ1v) is 6.24. The van der Waals surface area contributed by atoms with Crippen LogP contribution in [-0.2, 0) is 19.1 Å². The van der Waals surface area contributed by atoms with Gasteiger partial charge in [0.25, 0.3) is 0 Å². The smallest absolute Gasteiger partial charge is 0.328 e. The van der Waals surface area contributed by atoms with Crippen LogP contribution >= 0.6 is 0 Å². The molecule has 1 fully saturated rings. The largest absolute Gasteiger partial charge is 0.480 e. The van der Waals surface area contributed by atoms with Crippen LogP contribution in [0.3, 0.4) is 0 Å². The van der Waals surface area contributed by atoms with Gasteiger partial charge in [0.1, 0.15) is 0 Å². The third kappa shape index (κ3) is 5.25. The standard InChI is InChI=1S/C12H20N2O5/c1-7-5-8(7)11(16)13-4-3-10(15)14-9(6-19-2)12(17)18/h7-9H,3-6H2,1-2H3,(H,13,16)(H,14,15)(H,17,18). The molecule has 7 nitrogen and oxygen atoms in total. The minimum atomic E-state index is -1.15. The molecule has 1 rings (SSSR count). The molecule has 7 heteroatoms. The molecule has 3 unspecified atom stereocenters. The number of carboxylic acid groups (broad SMARTS) is 1. The lowest BCUT2D eigenvalue weighted by molar-refractivity contribution is -0.143. The summed E-state index contributed by atoms with van der Waals surface area (Å²) in [7, 11) is 1.36. The first-order chi connectivity index (χ1) is 8.95. The van der Waals surface area contributed by atoms with Crippen molar-refractivity contribution >= 4 is 17.8 Å². The van der Waals surface area contributed by atoms with Gasteiger partial charge in [-0.25, -0.2) is 4.79 Å². The molecule has 0 aliphatic heterocycles. The third-order valence-electron chi connectivity index (χ3n) is 3.06. The van der Waals surface area contributed by atoms with E-state index in [9.17, 15) is 14.4 Å². The Labute approximate surface area is 111 Å². The topological polar surface area (TPSA) is 105 Å². The Hall–Kier alpha value is -1.63. The average molecular weight is 272 g/mol. The van der Waals surface area contributed by atoms with E-state index in [1.807, 2.05) is 6.92 Å². The number of carboxylic acids is 1. The lowest BCUT2D eigenvalue weighted by Gasteiger charge is -2.13. The van der Waals surface area contributed by atoms with Crippen molar-refractivity contribution in [3.8, 4) is 0 Å². The fourth-order valence-electron chi connectivity index (χ4n) is 1.73. The summed E-state index contributed by atoms with van der Waals surface area (Å²) < 4.78 is 4.70. The Morgan fingerprint density at radius 1 is 1.42 bits per heavy atom. The number of rotatable bonds is 8. The second kappa shape index (κ2) is 7.08. The number of carbonyl (C=O) groups excluding carboxylic acids is 2. The van der Waals surface area contributed by atoms with Crippen molar-refractivity contribution in [1.29, 1.82) is 0 Å². The molecule has 0 bridgehead atoms. The number of aliphatic carboxylic acids is 1. The van der Waals surface area contributed by atoms with Crippen LogP contribution in [0.2, 0.25) is 0 Å². The van der Waals surface area contributed by atoms with Crippen molar-refractivity contribution in [2.75, 3.05) is 20.3 Å². The van der Waals surface area contributed by atoms with Crippen LogP contribution in [0.1, 0.15) is 19.8 Å². The van der Waals surface area contributed by atoms with Gasteiger partial charge in [-0.05, 0) is 12.3 Å². The Morgan fingerprint density at radius 3 is 2.53 bits per heavy atom. The highest BCUT2D eigenvalue weighted by Gasteiger charge is 2.38. The van der Waals surface area contributed by atoms with Gasteiger partial charge < -0.3 is 20.5 Å². The maximum absolute atomic E-state index is 11.5. The van der Waals surface area contributed by atoms with Crippen LogP contribution in [0.5, 0.6) is 0 Å². The number of methoxy groups -OCH3 is 1. The summed E-state index contributed by atoms with van der Waals surface area (Å²) in [6.45, 7) is 2.12. The van der Waals surface area contributed by atoms with Crippen molar-refractivity contribution in [2.45, 2.75) is 25.8 Å². The molecule has 108 valence electrons. The van der Waals surface area contributed by atoms with E-state index >= 15 is 0 Å². The molecule has 0 aromatic heterocycles. The molecule has 1 saturated carbocycles. The van der Waals surface area contributed by atoms with E-state index in [-0.39, 0.29) is 31.4 Å². The Balaban J connectivity index is 2.19. The van der Waals surface area contributed by atoms with E-state index in [1.54, 1.807) is 0 Å². The van der Waals surface area contributed by atoms with Crippen LogP contribution in [0.4, 0.5) is 0 Å². The molecule has 3 N–H and O–H groups in total. The maximum atomic E-state index is 11.5. The van der Waals surface area contributed by atoms with Crippen LogP contribution in [0, 0.1) is 11.8 Å². The number of hydrogen-bond acceptors (Lipinski definition) is 4. The maximum Gasteiger partial charge on any atom is 0.328 e. The van der Waals surface area contributed by atoms with Crippen LogP contribution < -0.4 is 10.6 Å². The highest BCUT2D eigenvalue weighted by molar-refractivity contribution is 5.85. The van der Waals surface area contributed by atoms with Crippen molar-refractivity contribution < 1.29 is 24.2 Å². The van der Waals surface area contributed by atoms with Gasteiger partial charge in [-0.1, -0.05) is 6.92 Å². The normalized spacial score (nSPS) is 22.4. The summed E-state index contributed by atoms with van der Waals surface area (Å²) in [6.07, 6.45) is 0.952. The van der Waals surface area contributed by atoms with Gasteiger partial charge in [-0.3, -0.25) is 9.59 Å². The zero-order valence-electron chi connectivity index (χ0n) is 11.1. The van der Waals surface area contributed by atoms with E-state index in [2.05, 4.69) is 10.6 Å². The summed E-state index contributed by atoms with van der Waals surface area (Å²) in [5, 5.41) is 13.8. The van der Waals surface area contributed by atoms with Crippen LogP contribution in [0.15, 0.2) is 0 Å². The molecule has 0 radical (unpaired) electrons. The molecule has 2 amide bonds. The van der Waals surface area contributed by atoms with Gasteiger partial charge in [-0.2, -0.15) is 0 Å². The highest BCUT2D eigenvalue weighted by Crippen LogP contribution is 2.37. The summed E-state index contributed by atoms with van der Waals surface area (Å²) in [4.78, 5) is 33.7. The van der Waals surface area contributed by atoms with Gasteiger partial charge in [0.05, 0.1) is 6.61 Å². The van der Waals surface area contributed by atoms with E-state index in [0.29, 0.717) is 5.92 Å². The average Bonchev–Trinajstić information content (AvgIpc) is 3.05. The fraction of sp³-hybridized carbons (Fsp3) is 0.750. The molecule has 0 spiro atoms. The predicted molar refractivity (Wildman–Crippen MR) is 66.3 cm³/mol. The second-order valence-electron chi connectivity index (χ2n) is 4.77. The zero-order chi connectivity index (χ0) is 14.4. The molecule has 0 aromatic rings. The molecule has 1 aliphatic carbocycles. The Morgan fingerprint density at radius 2 is 2.05 bits per heavy atom. The van der Waals surface area contributed by atoms with Crippen LogP contribution in [-0.4, -0.2) is 49.2 Å². The van der Waals surface area contributed by atoms with Gasteiger partial charge >= 0.3 is 5.97 Å². The van der Waals surface area contributed by atoms with E-state index in [1.165, 1.54) is 7.11 Å². The van der Waals surface area contributed by atoms with Crippen molar-refractivity contribution in [2.24, 2.45) is 11.8 Å². The molecule has 0 heterocycles. The number of ether oxygens (including phenoxy) is 1. The van der Waals surface area contributed by atoms with Gasteiger partial charge in [-0.15, -0.1) is 0 Å². The van der Waals surface area contributed by atoms with Gasteiger partial charge in [0.2, 0.25) is 11.8 Å². The summed E-state index contributed by atoms with van der Waals surface area (Å²) in [5.74, 6) is -1.11. The summed E-state index contributed by atoms with van der Waals surface area (Å²) in [6, 6.07) is -1.06. The van der Waals surface area contributed by atoms with E-state index in [4.69, 9.17) is 9.84 Å². The number of nitrogens with one attached hydrogen (secondary N) is 2. The lowest BCUT2D eigenvalue weighted by atomic mass is 10.3. The fourth-order valence-corrected chi connectivity index (χ4v) is 1.73. The van der Waals surface area contributed by atoms with Crippen molar-refractivity contribution in [3.05, 3.63) is 0 Å². The highest BCUT2D eigenvalue weighted by atomic mass is 16.5. The SMILES string of the molecule is COCC(NC(=O)CCNC(=O)C1CC1C)C(=O)O. The van der Waals surface area contributed by atoms with Gasteiger partial charge in [0, 0.05) is 26.0 Å². The molecule has 19 heavy (non-hydrogen) atoms. The lowest BCUT2D eigenvalue weighted by Crippen LogP contribution is -2.44. The van der Waals surface area contributed by atoms with Gasteiger partial charge in [0.15, 0.2) is 6.04 Å². The minimum Gasteiger partial charge on any atom is -0.480 e. The minimum absolute atomic E-state index is 0.0352. The molecular formula is C12H20N2O5. The molecule has 0 aromatic carbocycles. The van der Waals surface area contributed by atoms with Crippen LogP contribution in [0.25, 0.3) is 0 Å². The monoisotopic (exact) mass is 272 g/mol. The number of amides is 2. The predicted octanol–water partition coefficient (Wildman–Crippen LogP) is -0.635. The Bertz CT molecular complexity index is 358. The quantitative estimate of drug-likeness (QED) is 0.545. The number of hydrogen-bond donors (Lipinski definition) is 3. The number of carbonyl (C=O) groups is 3.